The summed E-state index contributed by atoms with van der Waals surface area (Å²) in [7, 11) is 0. The summed E-state index contributed by atoms with van der Waals surface area (Å²) in [5, 5.41) is 7.44. The van der Waals surface area contributed by atoms with Gasteiger partial charge in [-0.15, -0.1) is 0 Å². The van der Waals surface area contributed by atoms with Crippen molar-refractivity contribution in [2.45, 2.75) is 19.9 Å². The van der Waals surface area contributed by atoms with E-state index in [2.05, 4.69) is 26.3 Å². The smallest absolute Gasteiger partial charge is 0.272 e. The first-order valence-corrected chi connectivity index (χ1v) is 8.53. The van der Waals surface area contributed by atoms with Crippen molar-refractivity contribution in [3.63, 3.8) is 0 Å². The predicted molar refractivity (Wildman–Crippen MR) is 98.3 cm³/mol. The molecule has 3 aromatic rings. The van der Waals surface area contributed by atoms with E-state index in [0.717, 1.165) is 21.4 Å². The zero-order chi connectivity index (χ0) is 17.1. The van der Waals surface area contributed by atoms with Gasteiger partial charge in [-0.25, -0.2) is 4.68 Å². The third kappa shape index (κ3) is 3.41. The van der Waals surface area contributed by atoms with Crippen LogP contribution in [-0.4, -0.2) is 15.7 Å². The number of aryl methyl sites for hydroxylation is 1. The van der Waals surface area contributed by atoms with Gasteiger partial charge in [-0.2, -0.15) is 5.10 Å². The van der Waals surface area contributed by atoms with Crippen LogP contribution in [0.5, 0.6) is 0 Å². The van der Waals surface area contributed by atoms with Crippen LogP contribution in [0.1, 0.15) is 34.7 Å². The minimum absolute atomic E-state index is 0.116. The number of amides is 1. The van der Waals surface area contributed by atoms with E-state index in [9.17, 15) is 4.79 Å². The van der Waals surface area contributed by atoms with Crippen LogP contribution in [0.2, 0.25) is 0 Å². The number of benzene rings is 2. The van der Waals surface area contributed by atoms with Crippen LogP contribution in [0.25, 0.3) is 5.69 Å². The maximum Gasteiger partial charge on any atom is 0.272 e. The highest BCUT2D eigenvalue weighted by Crippen LogP contribution is 2.23. The predicted octanol–water partition coefficient (Wildman–Crippen LogP) is 4.43. The second-order valence-electron chi connectivity index (χ2n) is 5.63. The Morgan fingerprint density at radius 1 is 1.12 bits per heavy atom. The Kier molecular flexibility index (Phi) is 4.81. The number of nitrogens with one attached hydrogen (secondary N) is 1. The average molecular weight is 384 g/mol. The molecule has 1 heterocycles. The van der Waals surface area contributed by atoms with Gasteiger partial charge >= 0.3 is 0 Å². The topological polar surface area (TPSA) is 46.9 Å². The Morgan fingerprint density at radius 2 is 1.79 bits per heavy atom. The second kappa shape index (κ2) is 7.01. The summed E-state index contributed by atoms with van der Waals surface area (Å²) in [6, 6.07) is 19.3. The zero-order valence-corrected chi connectivity index (χ0v) is 15.1. The summed E-state index contributed by atoms with van der Waals surface area (Å²) in [5.74, 6) is -0.184. The zero-order valence-electron chi connectivity index (χ0n) is 13.5. The van der Waals surface area contributed by atoms with Crippen LogP contribution in [0.4, 0.5) is 0 Å². The summed E-state index contributed by atoms with van der Waals surface area (Å²) in [6.07, 6.45) is 0. The molecule has 5 heteroatoms. The second-order valence-corrected chi connectivity index (χ2v) is 6.49. The molecule has 2 aromatic carbocycles. The maximum absolute atomic E-state index is 12.5. The SMILES string of the molecule is Cc1cc(C(=O)NC(C)c2ccccc2Br)nn1-c1ccccc1. The monoisotopic (exact) mass is 383 g/mol. The molecular formula is C19H18BrN3O. The highest BCUT2D eigenvalue weighted by molar-refractivity contribution is 9.10. The molecule has 0 radical (unpaired) electrons. The van der Waals surface area contributed by atoms with Gasteiger partial charge in [0.05, 0.1) is 11.7 Å². The molecule has 0 saturated heterocycles. The van der Waals surface area contributed by atoms with Crippen LogP contribution < -0.4 is 5.32 Å². The molecule has 1 unspecified atom stereocenters. The molecule has 3 rings (SSSR count). The summed E-state index contributed by atoms with van der Waals surface area (Å²) in [6.45, 7) is 3.90. The third-order valence-electron chi connectivity index (χ3n) is 3.84. The van der Waals surface area contributed by atoms with E-state index in [1.807, 2.05) is 68.4 Å². The Balaban J connectivity index is 1.80. The lowest BCUT2D eigenvalue weighted by atomic mass is 10.1. The molecular weight excluding hydrogens is 366 g/mol. The van der Waals surface area contributed by atoms with Crippen LogP contribution in [0.3, 0.4) is 0 Å². The first-order valence-electron chi connectivity index (χ1n) is 7.73. The lowest BCUT2D eigenvalue weighted by Crippen LogP contribution is -2.27. The van der Waals surface area contributed by atoms with Gasteiger partial charge in [-0.3, -0.25) is 4.79 Å². The molecule has 0 fully saturated rings. The molecule has 0 saturated carbocycles. The molecule has 0 aliphatic heterocycles. The number of rotatable bonds is 4. The normalized spacial score (nSPS) is 12.0. The van der Waals surface area contributed by atoms with E-state index in [0.29, 0.717) is 5.69 Å². The number of para-hydroxylation sites is 1. The first kappa shape index (κ1) is 16.5. The van der Waals surface area contributed by atoms with Crippen molar-refractivity contribution in [3.05, 3.63) is 82.1 Å². The standard InChI is InChI=1S/C19H18BrN3O/c1-13-12-18(22-23(13)15-8-4-3-5-9-15)19(24)21-14(2)16-10-6-7-11-17(16)20/h3-12,14H,1-2H3,(H,21,24). The summed E-state index contributed by atoms with van der Waals surface area (Å²) in [5.41, 5.74) is 3.30. The minimum atomic E-state index is -0.184. The van der Waals surface area contributed by atoms with Crippen LogP contribution in [-0.2, 0) is 0 Å². The van der Waals surface area contributed by atoms with Crippen molar-refractivity contribution < 1.29 is 4.79 Å². The van der Waals surface area contributed by atoms with Crippen molar-refractivity contribution in [2.75, 3.05) is 0 Å². The number of carbonyl (C=O) groups excluding carboxylic acids is 1. The van der Waals surface area contributed by atoms with Crippen molar-refractivity contribution in [1.82, 2.24) is 15.1 Å². The Morgan fingerprint density at radius 3 is 2.50 bits per heavy atom. The van der Waals surface area contributed by atoms with Crippen molar-refractivity contribution >= 4 is 21.8 Å². The molecule has 1 N–H and O–H groups in total. The number of aromatic nitrogens is 2. The molecule has 1 amide bonds. The average Bonchev–Trinajstić information content (AvgIpc) is 2.98. The molecule has 0 spiro atoms. The Bertz CT molecular complexity index is 858. The maximum atomic E-state index is 12.5. The first-order chi connectivity index (χ1) is 11.6. The largest absolute Gasteiger partial charge is 0.344 e. The van der Waals surface area contributed by atoms with Crippen LogP contribution in [0, 0.1) is 6.92 Å². The van der Waals surface area contributed by atoms with Crippen molar-refractivity contribution in [3.8, 4) is 5.69 Å². The van der Waals surface area contributed by atoms with Gasteiger partial charge in [-0.1, -0.05) is 52.3 Å². The number of nitrogens with zero attached hydrogens (tertiary/aromatic N) is 2. The molecule has 24 heavy (non-hydrogen) atoms. The van der Waals surface area contributed by atoms with E-state index in [4.69, 9.17) is 0 Å². The molecule has 1 atom stereocenters. The third-order valence-corrected chi connectivity index (χ3v) is 4.56. The molecule has 1 aromatic heterocycles. The van der Waals surface area contributed by atoms with E-state index >= 15 is 0 Å². The highest BCUT2D eigenvalue weighted by atomic mass is 79.9. The number of hydrogen-bond acceptors (Lipinski definition) is 2. The van der Waals surface area contributed by atoms with E-state index in [1.54, 1.807) is 10.7 Å². The molecule has 4 nitrogen and oxygen atoms in total. The molecule has 0 aliphatic carbocycles. The van der Waals surface area contributed by atoms with Gasteiger partial charge in [-0.05, 0) is 43.7 Å². The van der Waals surface area contributed by atoms with Gasteiger partial charge in [0.2, 0.25) is 0 Å². The van der Waals surface area contributed by atoms with Gasteiger partial charge in [0.25, 0.3) is 5.91 Å². The lowest BCUT2D eigenvalue weighted by Gasteiger charge is -2.15. The Labute approximate surface area is 149 Å². The number of carbonyl (C=O) groups is 1. The van der Waals surface area contributed by atoms with E-state index < -0.39 is 0 Å². The van der Waals surface area contributed by atoms with Crippen LogP contribution in [0.15, 0.2) is 65.1 Å². The fraction of sp³-hybridized carbons (Fsp3) is 0.158. The number of halogens is 1. The quantitative estimate of drug-likeness (QED) is 0.723. The summed E-state index contributed by atoms with van der Waals surface area (Å²) in [4.78, 5) is 12.5. The van der Waals surface area contributed by atoms with Crippen LogP contribution >= 0.6 is 15.9 Å². The van der Waals surface area contributed by atoms with Crippen molar-refractivity contribution in [2.24, 2.45) is 0 Å². The van der Waals surface area contributed by atoms with Gasteiger partial charge in [0.1, 0.15) is 0 Å². The van der Waals surface area contributed by atoms with Crippen molar-refractivity contribution in [1.29, 1.82) is 0 Å². The van der Waals surface area contributed by atoms with E-state index in [1.165, 1.54) is 0 Å². The number of hydrogen-bond donors (Lipinski definition) is 1. The lowest BCUT2D eigenvalue weighted by molar-refractivity contribution is 0.0934. The minimum Gasteiger partial charge on any atom is -0.344 e. The molecule has 122 valence electrons. The Hall–Kier alpha value is -2.40. The fourth-order valence-electron chi connectivity index (χ4n) is 2.59. The summed E-state index contributed by atoms with van der Waals surface area (Å²) < 4.78 is 2.75. The van der Waals surface area contributed by atoms with Gasteiger partial charge in [0.15, 0.2) is 5.69 Å². The summed E-state index contributed by atoms with van der Waals surface area (Å²) >= 11 is 3.52. The highest BCUT2D eigenvalue weighted by Gasteiger charge is 2.17. The molecule has 0 bridgehead atoms. The molecule has 0 aliphatic rings. The van der Waals surface area contributed by atoms with Gasteiger partial charge in [0, 0.05) is 10.2 Å². The fourth-order valence-corrected chi connectivity index (χ4v) is 3.22. The van der Waals surface area contributed by atoms with Gasteiger partial charge < -0.3 is 5.32 Å². The van der Waals surface area contributed by atoms with E-state index in [-0.39, 0.29) is 11.9 Å².